The zero-order valence-corrected chi connectivity index (χ0v) is 12.9. The third-order valence-electron chi connectivity index (χ3n) is 3.79. The molecule has 0 N–H and O–H groups in total. The summed E-state index contributed by atoms with van der Waals surface area (Å²) >= 11 is 0. The predicted octanol–water partition coefficient (Wildman–Crippen LogP) is 3.84. The first-order chi connectivity index (χ1) is 11.1. The maximum atomic E-state index is 12.3. The zero-order chi connectivity index (χ0) is 16.4. The Bertz CT molecular complexity index is 963. The van der Waals surface area contributed by atoms with Gasteiger partial charge in [0, 0.05) is 10.9 Å². The number of benzene rings is 2. The molecule has 0 spiro atoms. The minimum absolute atomic E-state index is 0.00745. The fourth-order valence-electron chi connectivity index (χ4n) is 2.67. The predicted molar refractivity (Wildman–Crippen MR) is 88.5 cm³/mol. The molecule has 1 heterocycles. The van der Waals surface area contributed by atoms with Crippen molar-refractivity contribution in [1.82, 2.24) is 0 Å². The third-order valence-corrected chi connectivity index (χ3v) is 3.79. The standard InChI is InChI=1S/C19H15NO3/c1-12-3-8-15-17(11-12)23-19(21)16(9-10-20)18(15)13-4-6-14(22-2)7-5-13/h3-8,11H,9H2,1-2H3. The number of hydrogen-bond acceptors (Lipinski definition) is 4. The molecule has 0 radical (unpaired) electrons. The Labute approximate surface area is 133 Å². The van der Waals surface area contributed by atoms with Gasteiger partial charge in [0.15, 0.2) is 0 Å². The van der Waals surface area contributed by atoms with E-state index < -0.39 is 5.63 Å². The summed E-state index contributed by atoms with van der Waals surface area (Å²) in [6.45, 7) is 1.94. The molecule has 0 unspecified atom stereocenters. The van der Waals surface area contributed by atoms with Crippen molar-refractivity contribution >= 4 is 11.0 Å². The maximum Gasteiger partial charge on any atom is 0.341 e. The molecule has 1 aromatic heterocycles. The summed E-state index contributed by atoms with van der Waals surface area (Å²) in [6.07, 6.45) is 0.00745. The monoisotopic (exact) mass is 305 g/mol. The molecular formula is C19H15NO3. The van der Waals surface area contributed by atoms with Gasteiger partial charge in [-0.25, -0.2) is 4.79 Å². The van der Waals surface area contributed by atoms with Crippen LogP contribution in [0.5, 0.6) is 5.75 Å². The van der Waals surface area contributed by atoms with Crippen LogP contribution in [0.25, 0.3) is 22.1 Å². The van der Waals surface area contributed by atoms with E-state index in [0.29, 0.717) is 11.1 Å². The van der Waals surface area contributed by atoms with Gasteiger partial charge in [0.2, 0.25) is 0 Å². The first-order valence-electron chi connectivity index (χ1n) is 7.21. The Balaban J connectivity index is 2.36. The molecule has 0 aliphatic carbocycles. The number of ether oxygens (including phenoxy) is 1. The van der Waals surface area contributed by atoms with Crippen molar-refractivity contribution in [2.24, 2.45) is 0 Å². The Hall–Kier alpha value is -3.06. The number of nitriles is 1. The van der Waals surface area contributed by atoms with Crippen molar-refractivity contribution in [2.45, 2.75) is 13.3 Å². The minimum atomic E-state index is -0.463. The van der Waals surface area contributed by atoms with Crippen LogP contribution >= 0.6 is 0 Å². The fraction of sp³-hybridized carbons (Fsp3) is 0.158. The molecule has 0 aliphatic rings. The lowest BCUT2D eigenvalue weighted by Gasteiger charge is -2.11. The van der Waals surface area contributed by atoms with E-state index in [0.717, 1.165) is 27.8 Å². The minimum Gasteiger partial charge on any atom is -0.497 e. The van der Waals surface area contributed by atoms with E-state index in [1.807, 2.05) is 55.5 Å². The van der Waals surface area contributed by atoms with Gasteiger partial charge in [-0.3, -0.25) is 0 Å². The Morgan fingerprint density at radius 1 is 1.17 bits per heavy atom. The molecule has 0 bridgehead atoms. The molecule has 0 atom stereocenters. The highest BCUT2D eigenvalue weighted by Gasteiger charge is 2.16. The van der Waals surface area contributed by atoms with Gasteiger partial charge in [-0.1, -0.05) is 24.3 Å². The van der Waals surface area contributed by atoms with Gasteiger partial charge in [0.05, 0.1) is 25.2 Å². The summed E-state index contributed by atoms with van der Waals surface area (Å²) in [5, 5.41) is 9.89. The highest BCUT2D eigenvalue weighted by Crippen LogP contribution is 2.32. The lowest BCUT2D eigenvalue weighted by molar-refractivity contribution is 0.415. The summed E-state index contributed by atoms with van der Waals surface area (Å²) in [5.74, 6) is 0.735. The van der Waals surface area contributed by atoms with E-state index in [4.69, 9.17) is 14.4 Å². The number of nitrogens with zero attached hydrogens (tertiary/aromatic N) is 1. The summed E-state index contributed by atoms with van der Waals surface area (Å²) in [5.41, 5.74) is 3.07. The molecule has 114 valence electrons. The van der Waals surface area contributed by atoms with Crippen LogP contribution in [0, 0.1) is 18.3 Å². The molecule has 23 heavy (non-hydrogen) atoms. The summed E-state index contributed by atoms with van der Waals surface area (Å²) in [7, 11) is 1.60. The quantitative estimate of drug-likeness (QED) is 0.690. The Morgan fingerprint density at radius 3 is 2.57 bits per heavy atom. The van der Waals surface area contributed by atoms with Crippen molar-refractivity contribution in [3.8, 4) is 22.9 Å². The van der Waals surface area contributed by atoms with Gasteiger partial charge in [0.1, 0.15) is 11.3 Å². The van der Waals surface area contributed by atoms with Gasteiger partial charge >= 0.3 is 5.63 Å². The van der Waals surface area contributed by atoms with Gasteiger partial charge in [0.25, 0.3) is 0 Å². The number of rotatable bonds is 3. The van der Waals surface area contributed by atoms with E-state index in [-0.39, 0.29) is 6.42 Å². The van der Waals surface area contributed by atoms with Crippen molar-refractivity contribution in [2.75, 3.05) is 7.11 Å². The molecule has 0 aliphatic heterocycles. The van der Waals surface area contributed by atoms with Crippen LogP contribution in [0.1, 0.15) is 11.1 Å². The van der Waals surface area contributed by atoms with Crippen LogP contribution in [0.4, 0.5) is 0 Å². The Morgan fingerprint density at radius 2 is 1.91 bits per heavy atom. The zero-order valence-electron chi connectivity index (χ0n) is 12.9. The van der Waals surface area contributed by atoms with Crippen molar-refractivity contribution < 1.29 is 9.15 Å². The van der Waals surface area contributed by atoms with Crippen LogP contribution in [-0.4, -0.2) is 7.11 Å². The third kappa shape index (κ3) is 2.69. The number of fused-ring (bicyclic) bond motifs is 1. The molecule has 4 nitrogen and oxygen atoms in total. The van der Waals surface area contributed by atoms with E-state index in [1.165, 1.54) is 0 Å². The normalized spacial score (nSPS) is 10.5. The van der Waals surface area contributed by atoms with Crippen LogP contribution in [0.2, 0.25) is 0 Å². The second kappa shape index (κ2) is 5.98. The molecular weight excluding hydrogens is 290 g/mol. The lowest BCUT2D eigenvalue weighted by atomic mass is 9.95. The van der Waals surface area contributed by atoms with E-state index in [1.54, 1.807) is 7.11 Å². The maximum absolute atomic E-state index is 12.3. The highest BCUT2D eigenvalue weighted by molar-refractivity contribution is 5.95. The molecule has 0 saturated carbocycles. The van der Waals surface area contributed by atoms with Crippen LogP contribution in [0.3, 0.4) is 0 Å². The average molecular weight is 305 g/mol. The summed E-state index contributed by atoms with van der Waals surface area (Å²) in [6, 6.07) is 15.2. The lowest BCUT2D eigenvalue weighted by Crippen LogP contribution is -2.09. The average Bonchev–Trinajstić information content (AvgIpc) is 2.56. The SMILES string of the molecule is COc1ccc(-c2c(CC#N)c(=O)oc3cc(C)ccc23)cc1. The molecule has 3 aromatic rings. The fourth-order valence-corrected chi connectivity index (χ4v) is 2.67. The molecule has 0 fully saturated rings. The second-order valence-electron chi connectivity index (χ2n) is 5.31. The number of hydrogen-bond donors (Lipinski definition) is 0. The molecule has 3 rings (SSSR count). The van der Waals surface area contributed by atoms with E-state index >= 15 is 0 Å². The van der Waals surface area contributed by atoms with Crippen LogP contribution < -0.4 is 10.4 Å². The molecule has 0 amide bonds. The van der Waals surface area contributed by atoms with E-state index in [9.17, 15) is 4.79 Å². The summed E-state index contributed by atoms with van der Waals surface area (Å²) in [4.78, 5) is 12.3. The largest absolute Gasteiger partial charge is 0.497 e. The van der Waals surface area contributed by atoms with Crippen molar-refractivity contribution in [3.63, 3.8) is 0 Å². The molecule has 2 aromatic carbocycles. The van der Waals surface area contributed by atoms with Crippen LogP contribution in [-0.2, 0) is 6.42 Å². The number of aryl methyl sites for hydroxylation is 1. The van der Waals surface area contributed by atoms with Crippen LogP contribution in [0.15, 0.2) is 51.7 Å². The smallest absolute Gasteiger partial charge is 0.341 e. The first-order valence-corrected chi connectivity index (χ1v) is 7.21. The van der Waals surface area contributed by atoms with Crippen molar-refractivity contribution in [3.05, 3.63) is 64.0 Å². The first kappa shape index (κ1) is 14.9. The number of methoxy groups -OCH3 is 1. The topological polar surface area (TPSA) is 63.2 Å². The van der Waals surface area contributed by atoms with Gasteiger partial charge in [-0.05, 0) is 36.2 Å². The highest BCUT2D eigenvalue weighted by atomic mass is 16.5. The van der Waals surface area contributed by atoms with Gasteiger partial charge < -0.3 is 9.15 Å². The van der Waals surface area contributed by atoms with Gasteiger partial charge in [-0.2, -0.15) is 5.26 Å². The Kier molecular flexibility index (Phi) is 3.86. The van der Waals surface area contributed by atoms with E-state index in [2.05, 4.69) is 0 Å². The molecule has 4 heteroatoms. The molecule has 0 saturated heterocycles. The summed E-state index contributed by atoms with van der Waals surface area (Å²) < 4.78 is 10.6. The second-order valence-corrected chi connectivity index (χ2v) is 5.31. The van der Waals surface area contributed by atoms with Gasteiger partial charge in [-0.15, -0.1) is 0 Å². The van der Waals surface area contributed by atoms with Crippen molar-refractivity contribution in [1.29, 1.82) is 5.26 Å².